The van der Waals surface area contributed by atoms with Crippen molar-refractivity contribution in [1.82, 2.24) is 20.6 Å². The van der Waals surface area contributed by atoms with Gasteiger partial charge in [0.1, 0.15) is 11.9 Å². The van der Waals surface area contributed by atoms with E-state index in [-0.39, 0.29) is 13.0 Å². The molecule has 1 unspecified atom stereocenters. The van der Waals surface area contributed by atoms with Crippen molar-refractivity contribution < 1.29 is 14.7 Å². The summed E-state index contributed by atoms with van der Waals surface area (Å²) in [5.74, 6) is 1.59. The molecule has 0 aliphatic heterocycles. The lowest BCUT2D eigenvalue weighted by molar-refractivity contribution is -0.139. The lowest BCUT2D eigenvalue weighted by Gasteiger charge is -2.12. The molecule has 0 spiro atoms. The molecule has 1 heterocycles. The quantitative estimate of drug-likeness (QED) is 0.526. The van der Waals surface area contributed by atoms with Crippen LogP contribution in [0.25, 0.3) is 0 Å². The molecule has 0 radical (unpaired) electrons. The van der Waals surface area contributed by atoms with Crippen LogP contribution in [0.5, 0.6) is 0 Å². The minimum Gasteiger partial charge on any atom is -0.480 e. The van der Waals surface area contributed by atoms with E-state index in [9.17, 15) is 9.59 Å². The summed E-state index contributed by atoms with van der Waals surface area (Å²) in [5, 5.41) is 13.4. The van der Waals surface area contributed by atoms with Crippen molar-refractivity contribution in [3.8, 4) is 12.3 Å². The minimum atomic E-state index is -1.17. The number of carbonyl (C=O) groups excluding carboxylic acids is 1. The van der Waals surface area contributed by atoms with Gasteiger partial charge >= 0.3 is 12.0 Å². The van der Waals surface area contributed by atoms with Gasteiger partial charge in [0.15, 0.2) is 0 Å². The number of aromatic amines is 1. The summed E-state index contributed by atoms with van der Waals surface area (Å²) in [6.45, 7) is 0.182. The molecule has 1 aromatic heterocycles. The highest BCUT2D eigenvalue weighted by Gasteiger charge is 2.18. The van der Waals surface area contributed by atoms with Crippen LogP contribution in [0.3, 0.4) is 0 Å². The number of rotatable bonds is 5. The second-order valence-electron chi connectivity index (χ2n) is 3.16. The fourth-order valence-electron chi connectivity index (χ4n) is 1.09. The summed E-state index contributed by atoms with van der Waals surface area (Å²) >= 11 is 0. The number of terminal acetylenes is 1. The largest absolute Gasteiger partial charge is 0.480 e. The Balaban J connectivity index is 2.37. The molecule has 17 heavy (non-hydrogen) atoms. The Morgan fingerprint density at radius 1 is 1.65 bits per heavy atom. The number of imidazole rings is 1. The van der Waals surface area contributed by atoms with Gasteiger partial charge in [-0.05, 0) is 0 Å². The van der Waals surface area contributed by atoms with Crippen LogP contribution in [0.4, 0.5) is 4.79 Å². The number of aliphatic carboxylic acids is 1. The van der Waals surface area contributed by atoms with Gasteiger partial charge in [0.2, 0.25) is 0 Å². The van der Waals surface area contributed by atoms with Gasteiger partial charge in [-0.1, -0.05) is 0 Å². The Morgan fingerprint density at radius 3 is 2.94 bits per heavy atom. The third-order valence-corrected chi connectivity index (χ3v) is 1.90. The first-order valence-corrected chi connectivity index (χ1v) is 4.82. The fraction of sp³-hybridized carbons (Fsp3) is 0.300. The zero-order valence-corrected chi connectivity index (χ0v) is 8.93. The standard InChI is InChI=1S/C10H12N4O3/c1-2-3-7(9(15)16)14-10(17)13-6-8-11-4-5-12-8/h1,4-5,7H,3,6H2,(H,11,12)(H,15,16)(H2,13,14,17). The minimum absolute atomic E-state index is 0.0660. The van der Waals surface area contributed by atoms with E-state index in [1.807, 2.05) is 0 Å². The molecular formula is C10H12N4O3. The average Bonchev–Trinajstić information content (AvgIpc) is 2.78. The monoisotopic (exact) mass is 236 g/mol. The van der Waals surface area contributed by atoms with Crippen molar-refractivity contribution in [2.24, 2.45) is 0 Å². The Bertz CT molecular complexity index is 421. The number of H-pyrrole nitrogens is 1. The Kier molecular flexibility index (Phi) is 4.57. The SMILES string of the molecule is C#CCC(NC(=O)NCc1ncc[nH]1)C(=O)O. The number of nitrogens with one attached hydrogen (secondary N) is 3. The molecule has 0 bridgehead atoms. The van der Waals surface area contributed by atoms with Gasteiger partial charge < -0.3 is 20.7 Å². The van der Waals surface area contributed by atoms with Crippen LogP contribution in [-0.4, -0.2) is 33.1 Å². The van der Waals surface area contributed by atoms with E-state index in [4.69, 9.17) is 11.5 Å². The maximum absolute atomic E-state index is 11.3. The highest BCUT2D eigenvalue weighted by molar-refractivity contribution is 5.82. The Morgan fingerprint density at radius 2 is 2.41 bits per heavy atom. The number of carbonyl (C=O) groups is 2. The van der Waals surface area contributed by atoms with Gasteiger partial charge in [-0.3, -0.25) is 0 Å². The zero-order chi connectivity index (χ0) is 12.7. The summed E-state index contributed by atoms with van der Waals surface area (Å²) < 4.78 is 0. The zero-order valence-electron chi connectivity index (χ0n) is 8.93. The molecule has 0 saturated heterocycles. The molecule has 7 heteroatoms. The van der Waals surface area contributed by atoms with Crippen LogP contribution >= 0.6 is 0 Å². The van der Waals surface area contributed by atoms with Crippen LogP contribution in [0, 0.1) is 12.3 Å². The first-order chi connectivity index (χ1) is 8.13. The number of amides is 2. The smallest absolute Gasteiger partial charge is 0.327 e. The molecule has 7 nitrogen and oxygen atoms in total. The van der Waals surface area contributed by atoms with E-state index < -0.39 is 18.0 Å². The van der Waals surface area contributed by atoms with E-state index in [1.54, 1.807) is 12.4 Å². The molecule has 1 aromatic rings. The first kappa shape index (κ1) is 12.6. The molecule has 0 aliphatic carbocycles. The third kappa shape index (κ3) is 4.25. The van der Waals surface area contributed by atoms with Crippen LogP contribution in [0.2, 0.25) is 0 Å². The molecule has 2 amide bonds. The van der Waals surface area contributed by atoms with Gasteiger partial charge in [0, 0.05) is 18.8 Å². The molecule has 0 saturated carbocycles. The van der Waals surface area contributed by atoms with E-state index in [0.29, 0.717) is 5.82 Å². The van der Waals surface area contributed by atoms with Crippen LogP contribution in [0.1, 0.15) is 12.2 Å². The summed E-state index contributed by atoms with van der Waals surface area (Å²) in [6.07, 6.45) is 8.10. The van der Waals surface area contributed by atoms with E-state index >= 15 is 0 Å². The Hall–Kier alpha value is -2.49. The highest BCUT2D eigenvalue weighted by atomic mass is 16.4. The molecule has 90 valence electrons. The maximum atomic E-state index is 11.3. The van der Waals surface area contributed by atoms with Gasteiger partial charge in [-0.15, -0.1) is 12.3 Å². The summed E-state index contributed by atoms with van der Waals surface area (Å²) in [6, 6.07) is -1.69. The van der Waals surface area contributed by atoms with E-state index in [0.717, 1.165) is 0 Å². The molecule has 1 rings (SSSR count). The van der Waals surface area contributed by atoms with Gasteiger partial charge in [-0.2, -0.15) is 0 Å². The van der Waals surface area contributed by atoms with Gasteiger partial charge in [0.05, 0.1) is 6.54 Å². The van der Waals surface area contributed by atoms with Gasteiger partial charge in [-0.25, -0.2) is 14.6 Å². The molecular weight excluding hydrogens is 224 g/mol. The second-order valence-corrected chi connectivity index (χ2v) is 3.16. The molecule has 0 aromatic carbocycles. The Labute approximate surface area is 97.6 Å². The third-order valence-electron chi connectivity index (χ3n) is 1.90. The number of urea groups is 1. The second kappa shape index (κ2) is 6.17. The van der Waals surface area contributed by atoms with Crippen molar-refractivity contribution in [3.05, 3.63) is 18.2 Å². The predicted molar refractivity (Wildman–Crippen MR) is 58.8 cm³/mol. The number of nitrogens with zero attached hydrogens (tertiary/aromatic N) is 1. The van der Waals surface area contributed by atoms with Crippen LogP contribution < -0.4 is 10.6 Å². The number of carboxylic acid groups (broad SMARTS) is 1. The van der Waals surface area contributed by atoms with Crippen molar-refractivity contribution in [1.29, 1.82) is 0 Å². The van der Waals surface area contributed by atoms with Gasteiger partial charge in [0.25, 0.3) is 0 Å². The van der Waals surface area contributed by atoms with Crippen LogP contribution in [-0.2, 0) is 11.3 Å². The molecule has 1 atom stereocenters. The summed E-state index contributed by atoms with van der Waals surface area (Å²) in [7, 11) is 0. The first-order valence-electron chi connectivity index (χ1n) is 4.82. The lowest BCUT2D eigenvalue weighted by Crippen LogP contribution is -2.45. The molecule has 0 fully saturated rings. The highest BCUT2D eigenvalue weighted by Crippen LogP contribution is 1.91. The topological polar surface area (TPSA) is 107 Å². The summed E-state index contributed by atoms with van der Waals surface area (Å²) in [4.78, 5) is 28.7. The molecule has 4 N–H and O–H groups in total. The average molecular weight is 236 g/mol. The normalized spacial score (nSPS) is 11.2. The fourth-order valence-corrected chi connectivity index (χ4v) is 1.09. The van der Waals surface area contributed by atoms with E-state index in [1.165, 1.54) is 0 Å². The van der Waals surface area contributed by atoms with Crippen LogP contribution in [0.15, 0.2) is 12.4 Å². The predicted octanol–water partition coefficient (Wildman–Crippen LogP) is -0.315. The number of hydrogen-bond donors (Lipinski definition) is 4. The molecule has 0 aliphatic rings. The lowest BCUT2D eigenvalue weighted by atomic mass is 10.2. The number of hydrogen-bond acceptors (Lipinski definition) is 3. The van der Waals surface area contributed by atoms with Crippen molar-refractivity contribution in [2.75, 3.05) is 0 Å². The number of carboxylic acids is 1. The number of aromatic nitrogens is 2. The summed E-state index contributed by atoms with van der Waals surface area (Å²) in [5.41, 5.74) is 0. The van der Waals surface area contributed by atoms with Crippen molar-refractivity contribution in [2.45, 2.75) is 19.0 Å². The van der Waals surface area contributed by atoms with Crippen molar-refractivity contribution in [3.63, 3.8) is 0 Å². The van der Waals surface area contributed by atoms with Crippen molar-refractivity contribution >= 4 is 12.0 Å². The maximum Gasteiger partial charge on any atom is 0.327 e. The van der Waals surface area contributed by atoms with E-state index in [2.05, 4.69) is 26.5 Å².